The van der Waals surface area contributed by atoms with Gasteiger partial charge in [0.2, 0.25) is 0 Å². The van der Waals surface area contributed by atoms with Crippen molar-refractivity contribution in [1.29, 1.82) is 0 Å². The van der Waals surface area contributed by atoms with Crippen molar-refractivity contribution in [1.82, 2.24) is 5.43 Å². The highest BCUT2D eigenvalue weighted by molar-refractivity contribution is 7.10. The van der Waals surface area contributed by atoms with Crippen molar-refractivity contribution < 1.29 is 0 Å². The summed E-state index contributed by atoms with van der Waals surface area (Å²) in [5, 5.41) is 2.32. The normalized spacial score (nSPS) is 46.0. The second-order valence-electron chi connectivity index (χ2n) is 9.08. The zero-order valence-corrected chi connectivity index (χ0v) is 14.4. The lowest BCUT2D eigenvalue weighted by atomic mass is 9.39. The van der Waals surface area contributed by atoms with E-state index in [0.717, 1.165) is 5.92 Å². The Morgan fingerprint density at radius 1 is 1.19 bits per heavy atom. The van der Waals surface area contributed by atoms with Crippen LogP contribution in [-0.2, 0) is 0 Å². The van der Waals surface area contributed by atoms with Crippen LogP contribution < -0.4 is 11.3 Å². The Bertz CT molecular complexity index is 545. The molecule has 3 atom stereocenters. The van der Waals surface area contributed by atoms with Gasteiger partial charge in [-0.1, -0.05) is 13.8 Å². The molecule has 4 aliphatic carbocycles. The third-order valence-electron chi connectivity index (χ3n) is 6.53. The van der Waals surface area contributed by atoms with Crippen molar-refractivity contribution >= 4 is 11.3 Å². The molecule has 3 heteroatoms. The molecule has 21 heavy (non-hydrogen) atoms. The zero-order valence-electron chi connectivity index (χ0n) is 13.5. The lowest BCUT2D eigenvalue weighted by Gasteiger charge is -2.67. The molecular formula is C18H28N2S. The molecule has 3 unspecified atom stereocenters. The van der Waals surface area contributed by atoms with E-state index in [9.17, 15) is 0 Å². The molecule has 0 saturated heterocycles. The van der Waals surface area contributed by atoms with Gasteiger partial charge in [-0.3, -0.25) is 11.3 Å². The molecule has 0 amide bonds. The number of hydrogen-bond acceptors (Lipinski definition) is 3. The van der Waals surface area contributed by atoms with Gasteiger partial charge in [-0.15, -0.1) is 11.3 Å². The second kappa shape index (κ2) is 4.33. The Kier molecular flexibility index (Phi) is 2.94. The van der Waals surface area contributed by atoms with Crippen LogP contribution in [0, 0.1) is 29.1 Å². The van der Waals surface area contributed by atoms with Crippen molar-refractivity contribution in [2.24, 2.45) is 28.0 Å². The molecule has 1 aromatic heterocycles. The fraction of sp³-hybridized carbons (Fsp3) is 0.778. The van der Waals surface area contributed by atoms with Gasteiger partial charge in [-0.2, -0.15) is 0 Å². The van der Waals surface area contributed by atoms with E-state index in [1.807, 2.05) is 11.3 Å². The number of aryl methyl sites for hydroxylation is 1. The smallest absolute Gasteiger partial charge is 0.0525 e. The maximum Gasteiger partial charge on any atom is 0.0525 e. The van der Waals surface area contributed by atoms with Crippen LogP contribution >= 0.6 is 11.3 Å². The Morgan fingerprint density at radius 3 is 2.33 bits per heavy atom. The van der Waals surface area contributed by atoms with Crippen LogP contribution in [0.4, 0.5) is 0 Å². The van der Waals surface area contributed by atoms with E-state index in [0.29, 0.717) is 22.3 Å². The third-order valence-corrected chi connectivity index (χ3v) is 7.41. The summed E-state index contributed by atoms with van der Waals surface area (Å²) >= 11 is 1.85. The summed E-state index contributed by atoms with van der Waals surface area (Å²) in [5.41, 5.74) is 6.13. The molecule has 4 bridgehead atoms. The Morgan fingerprint density at radius 2 is 1.86 bits per heavy atom. The first-order valence-electron chi connectivity index (χ1n) is 8.37. The van der Waals surface area contributed by atoms with Gasteiger partial charge in [0, 0.05) is 4.88 Å². The summed E-state index contributed by atoms with van der Waals surface area (Å²) in [6, 6.07) is 2.68. The van der Waals surface area contributed by atoms with Crippen molar-refractivity contribution in [3.05, 3.63) is 21.9 Å². The SMILES string of the molecule is Cc1cc(C(NN)C23CC4CC(C)(CC(C)(C4)C2)C3)cs1. The van der Waals surface area contributed by atoms with E-state index >= 15 is 0 Å². The van der Waals surface area contributed by atoms with Crippen molar-refractivity contribution in [2.45, 2.75) is 65.3 Å². The van der Waals surface area contributed by atoms with E-state index in [4.69, 9.17) is 5.84 Å². The van der Waals surface area contributed by atoms with Gasteiger partial charge in [0.1, 0.15) is 0 Å². The number of thiophene rings is 1. The maximum absolute atomic E-state index is 6.08. The highest BCUT2D eigenvalue weighted by Gasteiger charge is 2.62. The summed E-state index contributed by atoms with van der Waals surface area (Å²) in [5.74, 6) is 7.00. The molecule has 0 aliphatic heterocycles. The van der Waals surface area contributed by atoms with E-state index in [1.165, 1.54) is 49.0 Å². The lowest BCUT2D eigenvalue weighted by Crippen LogP contribution is -2.59. The minimum absolute atomic E-state index is 0.337. The number of rotatable bonds is 3. The molecule has 3 N–H and O–H groups in total. The van der Waals surface area contributed by atoms with Gasteiger partial charge in [0.25, 0.3) is 0 Å². The number of hydrazine groups is 1. The quantitative estimate of drug-likeness (QED) is 0.634. The van der Waals surface area contributed by atoms with Crippen LogP contribution in [-0.4, -0.2) is 0 Å². The summed E-state index contributed by atoms with van der Waals surface area (Å²) in [6.45, 7) is 7.28. The first kappa shape index (κ1) is 14.2. The largest absolute Gasteiger partial charge is 0.271 e. The average molecular weight is 305 g/mol. The molecule has 0 aromatic carbocycles. The summed E-state index contributed by atoms with van der Waals surface area (Å²) in [6.07, 6.45) is 8.42. The number of hydrogen-bond donors (Lipinski definition) is 2. The van der Waals surface area contributed by atoms with Crippen LogP contribution in [0.15, 0.2) is 11.4 Å². The van der Waals surface area contributed by atoms with Crippen LogP contribution in [0.5, 0.6) is 0 Å². The lowest BCUT2D eigenvalue weighted by molar-refractivity contribution is -0.158. The van der Waals surface area contributed by atoms with Gasteiger partial charge in [0.05, 0.1) is 6.04 Å². The zero-order chi connectivity index (χ0) is 14.9. The van der Waals surface area contributed by atoms with Crippen molar-refractivity contribution in [3.63, 3.8) is 0 Å². The first-order valence-corrected chi connectivity index (χ1v) is 9.25. The second-order valence-corrected chi connectivity index (χ2v) is 10.2. The van der Waals surface area contributed by atoms with Crippen molar-refractivity contribution in [3.8, 4) is 0 Å². The minimum atomic E-state index is 0.337. The predicted octanol–water partition coefficient (Wildman–Crippen LogP) is 4.56. The minimum Gasteiger partial charge on any atom is -0.271 e. The van der Waals surface area contributed by atoms with Gasteiger partial charge >= 0.3 is 0 Å². The fourth-order valence-corrected chi connectivity index (χ4v) is 7.83. The molecule has 0 spiro atoms. The van der Waals surface area contributed by atoms with Gasteiger partial charge in [0.15, 0.2) is 0 Å². The van der Waals surface area contributed by atoms with E-state index in [2.05, 4.69) is 37.6 Å². The molecular weight excluding hydrogens is 276 g/mol. The molecule has 4 saturated carbocycles. The predicted molar refractivity (Wildman–Crippen MR) is 89.0 cm³/mol. The first-order chi connectivity index (χ1) is 9.85. The molecule has 1 heterocycles. The Balaban J connectivity index is 1.75. The van der Waals surface area contributed by atoms with Gasteiger partial charge in [-0.25, -0.2) is 0 Å². The number of nitrogens with two attached hydrogens (primary N) is 1. The molecule has 1 aromatic rings. The molecule has 0 radical (unpaired) electrons. The monoisotopic (exact) mass is 304 g/mol. The third kappa shape index (κ3) is 2.12. The number of nitrogens with one attached hydrogen (secondary N) is 1. The van der Waals surface area contributed by atoms with Crippen LogP contribution in [0.3, 0.4) is 0 Å². The summed E-state index contributed by atoms with van der Waals surface area (Å²) in [4.78, 5) is 1.40. The fourth-order valence-electron chi connectivity index (χ4n) is 7.10. The molecule has 116 valence electrons. The highest BCUT2D eigenvalue weighted by atomic mass is 32.1. The van der Waals surface area contributed by atoms with Gasteiger partial charge in [-0.05, 0) is 84.6 Å². The molecule has 4 fully saturated rings. The molecule has 2 nitrogen and oxygen atoms in total. The highest BCUT2D eigenvalue weighted by Crippen LogP contribution is 2.72. The van der Waals surface area contributed by atoms with E-state index < -0.39 is 0 Å². The van der Waals surface area contributed by atoms with Crippen LogP contribution in [0.1, 0.15) is 68.9 Å². The summed E-state index contributed by atoms with van der Waals surface area (Å²) < 4.78 is 0. The van der Waals surface area contributed by atoms with Crippen LogP contribution in [0.25, 0.3) is 0 Å². The van der Waals surface area contributed by atoms with Gasteiger partial charge < -0.3 is 0 Å². The Hall–Kier alpha value is -0.380. The van der Waals surface area contributed by atoms with E-state index in [1.54, 1.807) is 0 Å². The van der Waals surface area contributed by atoms with Crippen LogP contribution in [0.2, 0.25) is 0 Å². The Labute approximate surface area is 132 Å². The van der Waals surface area contributed by atoms with E-state index in [-0.39, 0.29) is 0 Å². The maximum atomic E-state index is 6.08. The standard InChI is InChI=1S/C18H28N2S/c1-12-4-14(8-21-12)15(20-19)18-7-13-5-16(2,10-18)9-17(3,6-13)11-18/h4,8,13,15,20H,5-7,9-11,19H2,1-3H3. The molecule has 5 rings (SSSR count). The molecule has 4 aliphatic rings. The summed E-state index contributed by atoms with van der Waals surface area (Å²) in [7, 11) is 0. The van der Waals surface area contributed by atoms with Crippen molar-refractivity contribution in [2.75, 3.05) is 0 Å². The topological polar surface area (TPSA) is 38.0 Å². The average Bonchev–Trinajstić information content (AvgIpc) is 2.71.